The zero-order chi connectivity index (χ0) is 26.6. The molecule has 0 atom stereocenters. The minimum Gasteiger partial charge on any atom is -0.477 e. The van der Waals surface area contributed by atoms with Gasteiger partial charge in [0.25, 0.3) is 0 Å². The quantitative estimate of drug-likeness (QED) is 0.394. The van der Waals surface area contributed by atoms with Crippen LogP contribution in [0.1, 0.15) is 46.4 Å². The summed E-state index contributed by atoms with van der Waals surface area (Å²) < 4.78 is 1.54. The molecule has 11 heteroatoms. The van der Waals surface area contributed by atoms with Gasteiger partial charge in [-0.1, -0.05) is 24.1 Å². The Morgan fingerprint density at radius 1 is 1.18 bits per heavy atom. The molecule has 5 heterocycles. The van der Waals surface area contributed by atoms with Crippen LogP contribution in [0.15, 0.2) is 47.7 Å². The predicted molar refractivity (Wildman–Crippen MR) is 142 cm³/mol. The van der Waals surface area contributed by atoms with E-state index in [1.165, 1.54) is 18.5 Å². The van der Waals surface area contributed by atoms with Gasteiger partial charge in [0, 0.05) is 24.9 Å². The number of pyridine rings is 4. The van der Waals surface area contributed by atoms with Crippen LogP contribution in [-0.2, 0) is 17.9 Å². The van der Waals surface area contributed by atoms with Gasteiger partial charge in [-0.15, -0.1) is 0 Å². The molecule has 6 rings (SSSR count). The fourth-order valence-corrected chi connectivity index (χ4v) is 5.16. The highest BCUT2D eigenvalue weighted by atomic mass is 35.5. The number of fused-ring (bicyclic) bond motifs is 2. The lowest BCUT2D eigenvalue weighted by Gasteiger charge is -2.24. The van der Waals surface area contributed by atoms with Gasteiger partial charge >= 0.3 is 5.97 Å². The van der Waals surface area contributed by atoms with Crippen LogP contribution in [0.3, 0.4) is 0 Å². The van der Waals surface area contributed by atoms with Crippen molar-refractivity contribution < 1.29 is 14.7 Å². The van der Waals surface area contributed by atoms with Crippen molar-refractivity contribution in [1.82, 2.24) is 19.5 Å². The van der Waals surface area contributed by atoms with Gasteiger partial charge in [0.1, 0.15) is 11.4 Å². The van der Waals surface area contributed by atoms with Gasteiger partial charge in [-0.25, -0.2) is 14.8 Å². The third-order valence-electron chi connectivity index (χ3n) is 7.20. The first-order chi connectivity index (χ1) is 18.3. The molecule has 1 aliphatic carbocycles. The van der Waals surface area contributed by atoms with Crippen molar-refractivity contribution in [1.29, 1.82) is 0 Å². The van der Waals surface area contributed by atoms with Crippen LogP contribution in [0.4, 0.5) is 11.6 Å². The summed E-state index contributed by atoms with van der Waals surface area (Å²) in [5.74, 6) is -0.534. The van der Waals surface area contributed by atoms with Gasteiger partial charge in [-0.05, 0) is 49.1 Å². The zero-order valence-corrected chi connectivity index (χ0v) is 21.2. The first-order valence-corrected chi connectivity index (χ1v) is 12.6. The Labute approximate surface area is 221 Å². The summed E-state index contributed by atoms with van der Waals surface area (Å²) in [5, 5.41) is 12.9. The number of anilines is 2. The number of carbonyl (C=O) groups is 2. The number of aryl methyl sites for hydroxylation is 1. The molecule has 0 bridgehead atoms. The lowest BCUT2D eigenvalue weighted by Crippen LogP contribution is -2.28. The van der Waals surface area contributed by atoms with Crippen molar-refractivity contribution in [3.05, 3.63) is 80.5 Å². The topological polar surface area (TPSA) is 130 Å². The molecule has 1 fully saturated rings. The molecular formula is C27H23ClN6O4. The maximum absolute atomic E-state index is 13.1. The fraction of sp³-hybridized carbons (Fsp3) is 0.259. The number of halogens is 1. The first kappa shape index (κ1) is 24.1. The van der Waals surface area contributed by atoms with Gasteiger partial charge in [0.15, 0.2) is 11.5 Å². The molecule has 0 spiro atoms. The second-order valence-electron chi connectivity index (χ2n) is 9.65. The molecule has 0 radical (unpaired) electrons. The van der Waals surface area contributed by atoms with E-state index in [0.717, 1.165) is 30.5 Å². The first-order valence-electron chi connectivity index (χ1n) is 12.2. The second-order valence-corrected chi connectivity index (χ2v) is 10.1. The van der Waals surface area contributed by atoms with E-state index in [4.69, 9.17) is 16.6 Å². The summed E-state index contributed by atoms with van der Waals surface area (Å²) in [6.07, 6.45) is 7.32. The van der Waals surface area contributed by atoms with E-state index in [1.807, 2.05) is 24.0 Å². The van der Waals surface area contributed by atoms with Crippen LogP contribution in [0, 0.1) is 12.8 Å². The highest BCUT2D eigenvalue weighted by Crippen LogP contribution is 2.34. The van der Waals surface area contributed by atoms with E-state index < -0.39 is 17.0 Å². The number of nitrogens with one attached hydrogen (secondary N) is 1. The molecule has 2 aliphatic rings. The monoisotopic (exact) mass is 530 g/mol. The van der Waals surface area contributed by atoms with Crippen LogP contribution < -0.4 is 15.6 Å². The SMILES string of the molecule is Cc1cc(NC(=O)C2CCC2)ncc1-n1cc(C(=O)O)c(=O)c2cc(Cl)c(N3Cc4cccnc4C3)nc21. The Morgan fingerprint density at radius 3 is 2.68 bits per heavy atom. The highest BCUT2D eigenvalue weighted by molar-refractivity contribution is 6.33. The Kier molecular flexibility index (Phi) is 5.83. The number of rotatable bonds is 5. The van der Waals surface area contributed by atoms with Gasteiger partial charge in [0.2, 0.25) is 11.3 Å². The van der Waals surface area contributed by atoms with Crippen molar-refractivity contribution in [3.8, 4) is 5.69 Å². The molecule has 2 N–H and O–H groups in total. The largest absolute Gasteiger partial charge is 0.477 e. The van der Waals surface area contributed by atoms with Crippen molar-refractivity contribution >= 4 is 46.1 Å². The number of aromatic nitrogens is 4. The van der Waals surface area contributed by atoms with E-state index in [9.17, 15) is 19.5 Å². The summed E-state index contributed by atoms with van der Waals surface area (Å²) in [5.41, 5.74) is 2.37. The lowest BCUT2D eigenvalue weighted by atomic mass is 9.85. The molecule has 192 valence electrons. The number of carbonyl (C=O) groups excluding carboxylic acids is 1. The standard InChI is InChI=1S/C27H23ClN6O4/c1-14-8-22(31-26(36)15-4-2-5-15)30-10-21(14)34-12-18(27(37)38)23(35)17-9-19(28)25(32-24(17)34)33-11-16-6-3-7-29-20(16)13-33/h3,6-10,12,15H,2,4-5,11,13H2,1H3,(H,37,38)(H,30,31,36). The van der Waals surface area contributed by atoms with Crippen LogP contribution in [0.5, 0.6) is 0 Å². The van der Waals surface area contributed by atoms with Crippen molar-refractivity contribution in [3.63, 3.8) is 0 Å². The fourth-order valence-electron chi connectivity index (χ4n) is 4.89. The minimum absolute atomic E-state index is 0.0112. The molecule has 0 unspecified atom stereocenters. The van der Waals surface area contributed by atoms with Gasteiger partial charge in [-0.3, -0.25) is 19.1 Å². The lowest BCUT2D eigenvalue weighted by molar-refractivity contribution is -0.122. The maximum atomic E-state index is 13.1. The van der Waals surface area contributed by atoms with Crippen LogP contribution in [0.2, 0.25) is 5.02 Å². The summed E-state index contributed by atoms with van der Waals surface area (Å²) >= 11 is 6.60. The summed E-state index contributed by atoms with van der Waals surface area (Å²) in [7, 11) is 0. The summed E-state index contributed by atoms with van der Waals surface area (Å²) in [6, 6.07) is 7.05. The maximum Gasteiger partial charge on any atom is 0.341 e. The highest BCUT2D eigenvalue weighted by Gasteiger charge is 2.27. The Balaban J connectivity index is 1.47. The Hall–Kier alpha value is -4.31. The number of hydrogen-bond donors (Lipinski definition) is 2. The number of carboxylic acid groups (broad SMARTS) is 1. The minimum atomic E-state index is -1.36. The second kappa shape index (κ2) is 9.21. The van der Waals surface area contributed by atoms with E-state index in [-0.39, 0.29) is 27.9 Å². The van der Waals surface area contributed by atoms with Gasteiger partial charge in [-0.2, -0.15) is 0 Å². The Morgan fingerprint density at radius 2 is 2.00 bits per heavy atom. The zero-order valence-electron chi connectivity index (χ0n) is 20.4. The number of aromatic carboxylic acids is 1. The molecule has 4 aromatic rings. The molecule has 10 nitrogen and oxygen atoms in total. The predicted octanol–water partition coefficient (Wildman–Crippen LogP) is 4.09. The van der Waals surface area contributed by atoms with E-state index in [0.29, 0.717) is 36.0 Å². The smallest absolute Gasteiger partial charge is 0.341 e. The third-order valence-corrected chi connectivity index (χ3v) is 7.48. The number of amides is 1. The summed E-state index contributed by atoms with van der Waals surface area (Å²) in [6.45, 7) is 2.87. The van der Waals surface area contributed by atoms with Gasteiger partial charge in [0.05, 0.1) is 34.5 Å². The van der Waals surface area contributed by atoms with E-state index >= 15 is 0 Å². The normalized spacial score (nSPS) is 14.8. The molecule has 4 aromatic heterocycles. The number of nitrogens with zero attached hydrogens (tertiary/aromatic N) is 5. The summed E-state index contributed by atoms with van der Waals surface area (Å²) in [4.78, 5) is 53.0. The molecule has 0 aromatic carbocycles. The number of carboxylic acids is 1. The van der Waals surface area contributed by atoms with Gasteiger partial charge < -0.3 is 15.3 Å². The van der Waals surface area contributed by atoms with Crippen LogP contribution in [-0.4, -0.2) is 36.5 Å². The Bertz CT molecular complexity index is 1670. The van der Waals surface area contributed by atoms with Crippen molar-refractivity contribution in [2.24, 2.45) is 5.92 Å². The van der Waals surface area contributed by atoms with E-state index in [2.05, 4.69) is 15.3 Å². The molecule has 0 saturated heterocycles. The average molecular weight is 531 g/mol. The van der Waals surface area contributed by atoms with Crippen molar-refractivity contribution in [2.75, 3.05) is 10.2 Å². The third kappa shape index (κ3) is 4.06. The molecule has 1 aliphatic heterocycles. The van der Waals surface area contributed by atoms with Crippen LogP contribution >= 0.6 is 11.6 Å². The molecular weight excluding hydrogens is 508 g/mol. The average Bonchev–Trinajstić information content (AvgIpc) is 3.27. The number of hydrogen-bond acceptors (Lipinski definition) is 7. The molecule has 1 saturated carbocycles. The molecule has 38 heavy (non-hydrogen) atoms. The van der Waals surface area contributed by atoms with Crippen molar-refractivity contribution in [2.45, 2.75) is 39.3 Å². The van der Waals surface area contributed by atoms with E-state index in [1.54, 1.807) is 16.8 Å². The van der Waals surface area contributed by atoms with Crippen LogP contribution in [0.25, 0.3) is 16.7 Å². The molecule has 1 amide bonds.